The van der Waals surface area contributed by atoms with Crippen molar-refractivity contribution in [1.29, 1.82) is 0 Å². The summed E-state index contributed by atoms with van der Waals surface area (Å²) in [5.41, 5.74) is 16.0. The van der Waals surface area contributed by atoms with Crippen LogP contribution in [0, 0.1) is 24.2 Å². The van der Waals surface area contributed by atoms with Crippen LogP contribution in [0.3, 0.4) is 0 Å². The Morgan fingerprint density at radius 3 is 1.99 bits per heavy atom. The van der Waals surface area contributed by atoms with Crippen molar-refractivity contribution < 1.29 is 33.7 Å². The number of amides is 2. The number of anilines is 3. The number of hydrogen-bond acceptors (Lipinski definition) is 18. The predicted octanol–water partition coefficient (Wildman–Crippen LogP) is 2.61. The highest BCUT2D eigenvalue weighted by molar-refractivity contribution is 5.83. The van der Waals surface area contributed by atoms with Gasteiger partial charge >= 0.3 is 5.97 Å². The van der Waals surface area contributed by atoms with Crippen LogP contribution >= 0.6 is 0 Å². The van der Waals surface area contributed by atoms with Gasteiger partial charge in [-0.1, -0.05) is 68.7 Å². The zero-order valence-corrected chi connectivity index (χ0v) is 43.1. The number of carboxylic acids is 1. The first kappa shape index (κ1) is 55.0. The Hall–Kier alpha value is -6.78. The summed E-state index contributed by atoms with van der Waals surface area (Å²) in [7, 11) is 0. The molecule has 5 aromatic rings. The van der Waals surface area contributed by atoms with E-state index in [2.05, 4.69) is 56.8 Å². The number of para-hydroxylation sites is 1. The first-order valence-corrected chi connectivity index (χ1v) is 25.7. The van der Waals surface area contributed by atoms with Gasteiger partial charge in [0.1, 0.15) is 18.7 Å². The molecule has 5 unspecified atom stereocenters. The lowest BCUT2D eigenvalue weighted by Gasteiger charge is -2.38. The summed E-state index contributed by atoms with van der Waals surface area (Å²) >= 11 is 0. The molecule has 1 aromatic carbocycles. The molecule has 0 radical (unpaired) electrons. The molecule has 400 valence electrons. The highest BCUT2D eigenvalue weighted by atomic mass is 16.5. The number of nitrogens with one attached hydrogen (secondary N) is 2. The molecule has 7 rings (SSSR count). The van der Waals surface area contributed by atoms with Gasteiger partial charge in [0, 0.05) is 83.0 Å². The van der Waals surface area contributed by atoms with E-state index < -0.39 is 18.1 Å². The lowest BCUT2D eigenvalue weighted by Crippen LogP contribution is -2.52. The smallest absolute Gasteiger partial charge is 0.303 e. The van der Waals surface area contributed by atoms with Gasteiger partial charge in [0.15, 0.2) is 0 Å². The van der Waals surface area contributed by atoms with Gasteiger partial charge in [0.2, 0.25) is 29.7 Å². The molecule has 24 nitrogen and oxygen atoms in total. The first-order valence-electron chi connectivity index (χ1n) is 25.7. The van der Waals surface area contributed by atoms with E-state index in [1.807, 2.05) is 52.8 Å². The lowest BCUT2D eigenvalue weighted by atomic mass is 9.98. The van der Waals surface area contributed by atoms with E-state index >= 15 is 0 Å². The molecular formula is C50H73N17O7. The van der Waals surface area contributed by atoms with Crippen molar-refractivity contribution in [3.8, 4) is 12.3 Å². The number of aromatic amines is 1. The van der Waals surface area contributed by atoms with Crippen molar-refractivity contribution >= 4 is 46.5 Å². The SMILES string of the molecule is C#CCOCCOCCOCCNc1nc(N2CCN(C(=O)C(Cc3cc4ccccc4[nH]3)n3cc(C(N)CC(C)C)nn3)CC2)nc(N2CCN(C(=O)C(CCC(=O)O)n3cc(C(N)C(C)CC)nn3)CC2)n1. The van der Waals surface area contributed by atoms with Gasteiger partial charge in [-0.2, -0.15) is 15.0 Å². The van der Waals surface area contributed by atoms with Gasteiger partial charge in [-0.25, -0.2) is 9.36 Å². The Kier molecular flexibility index (Phi) is 20.0. The number of piperazine rings is 2. The third-order valence-electron chi connectivity index (χ3n) is 13.4. The van der Waals surface area contributed by atoms with Crippen molar-refractivity contribution in [3.63, 3.8) is 0 Å². The summed E-state index contributed by atoms with van der Waals surface area (Å²) in [4.78, 5) is 66.3. The molecule has 6 heterocycles. The second kappa shape index (κ2) is 27.0. The summed E-state index contributed by atoms with van der Waals surface area (Å²) in [6.07, 6.45) is 10.4. The molecule has 0 aliphatic carbocycles. The fraction of sp³-hybridized carbons (Fsp3) is 0.600. The molecule has 2 aliphatic heterocycles. The van der Waals surface area contributed by atoms with Crippen LogP contribution in [0.25, 0.3) is 10.9 Å². The van der Waals surface area contributed by atoms with Gasteiger partial charge in [-0.15, -0.1) is 16.6 Å². The molecular weight excluding hydrogens is 951 g/mol. The number of carbonyl (C=O) groups excluding carboxylic acids is 2. The first-order chi connectivity index (χ1) is 35.8. The zero-order valence-electron chi connectivity index (χ0n) is 43.1. The second-order valence-electron chi connectivity index (χ2n) is 19.2. The standard InChI is InChI=1S/C50H73N17O7/c1-6-23-72-25-27-74-28-26-73-24-14-53-48-55-49(64-19-15-62(16-20-64)46(70)42(12-13-44(68)69)66-33-41(59-61-66)45(52)35(5)7-2)57-50(56-48)65-21-17-63(18-22-65)47(71)43(31-37-30-36-10-8-9-11-39(36)54-37)67-32-40(58-60-67)38(51)29-34(3)4/h1,8-11,30,32-35,38,42-43,45,54H,7,12-29,31,51-52H2,2-5H3,(H,68,69)(H,53,55,56,57). The summed E-state index contributed by atoms with van der Waals surface area (Å²) in [5, 5.41) is 31.3. The Bertz CT molecular complexity index is 2580. The third kappa shape index (κ3) is 14.9. The maximum absolute atomic E-state index is 14.7. The average molecular weight is 1020 g/mol. The van der Waals surface area contributed by atoms with Crippen LogP contribution in [-0.4, -0.2) is 181 Å². The third-order valence-corrected chi connectivity index (χ3v) is 13.4. The number of aromatic nitrogens is 10. The quantitative estimate of drug-likeness (QED) is 0.0355. The van der Waals surface area contributed by atoms with E-state index in [9.17, 15) is 19.5 Å². The minimum absolute atomic E-state index is 0.0403. The summed E-state index contributed by atoms with van der Waals surface area (Å²) in [5.74, 6) is 2.76. The number of H-pyrrole nitrogens is 1. The van der Waals surface area contributed by atoms with E-state index in [1.165, 1.54) is 4.68 Å². The second-order valence-corrected chi connectivity index (χ2v) is 19.2. The number of carbonyl (C=O) groups is 3. The van der Waals surface area contributed by atoms with Crippen LogP contribution in [0.2, 0.25) is 0 Å². The summed E-state index contributed by atoms with van der Waals surface area (Å²) in [6.45, 7) is 14.0. The van der Waals surface area contributed by atoms with Crippen molar-refractivity contribution in [2.45, 2.75) is 84.0 Å². The number of benzene rings is 1. The fourth-order valence-corrected chi connectivity index (χ4v) is 8.95. The van der Waals surface area contributed by atoms with Crippen LogP contribution in [0.1, 0.15) is 94.6 Å². The largest absolute Gasteiger partial charge is 0.481 e. The number of hydrogen-bond donors (Lipinski definition) is 5. The molecule has 7 N–H and O–H groups in total. The molecule has 2 amide bonds. The highest BCUT2D eigenvalue weighted by Crippen LogP contribution is 2.27. The van der Waals surface area contributed by atoms with Gasteiger partial charge in [-0.3, -0.25) is 14.4 Å². The number of terminal acetylenes is 1. The van der Waals surface area contributed by atoms with E-state index in [-0.39, 0.29) is 49.3 Å². The zero-order chi connectivity index (χ0) is 52.6. The van der Waals surface area contributed by atoms with Gasteiger partial charge in [0.25, 0.3) is 0 Å². The number of rotatable bonds is 28. The molecule has 74 heavy (non-hydrogen) atoms. The average Bonchev–Trinajstić information content (AvgIpc) is 4.20. The fourth-order valence-electron chi connectivity index (χ4n) is 8.95. The minimum atomic E-state index is -1.01. The van der Waals surface area contributed by atoms with Crippen molar-refractivity contribution in [3.05, 3.63) is 59.8 Å². The number of ether oxygens (including phenoxy) is 3. The molecule has 5 atom stereocenters. The lowest BCUT2D eigenvalue weighted by molar-refractivity contribution is -0.139. The topological polar surface area (TPSA) is 292 Å². The summed E-state index contributed by atoms with van der Waals surface area (Å²) < 4.78 is 19.7. The molecule has 2 aliphatic rings. The number of fused-ring (bicyclic) bond motifs is 1. The van der Waals surface area contributed by atoms with Crippen molar-refractivity contribution in [1.82, 2.24) is 59.7 Å². The Labute approximate surface area is 431 Å². The van der Waals surface area contributed by atoms with Crippen LogP contribution in [0.5, 0.6) is 0 Å². The maximum Gasteiger partial charge on any atom is 0.303 e. The monoisotopic (exact) mass is 1020 g/mol. The molecule has 4 aromatic heterocycles. The highest BCUT2D eigenvalue weighted by Gasteiger charge is 2.34. The van der Waals surface area contributed by atoms with Gasteiger partial charge in [0.05, 0.1) is 68.9 Å². The normalized spacial score (nSPS) is 16.3. The van der Waals surface area contributed by atoms with E-state index in [0.29, 0.717) is 134 Å². The van der Waals surface area contributed by atoms with E-state index in [1.54, 1.807) is 22.0 Å². The van der Waals surface area contributed by atoms with Crippen molar-refractivity contribution in [2.75, 3.05) is 114 Å². The Morgan fingerprint density at radius 2 is 1.38 bits per heavy atom. The van der Waals surface area contributed by atoms with Gasteiger partial charge in [-0.05, 0) is 42.2 Å². The number of nitrogens with two attached hydrogens (primary N) is 2. The molecule has 2 saturated heterocycles. The van der Waals surface area contributed by atoms with Crippen LogP contribution < -0.4 is 26.6 Å². The molecule has 2 fully saturated rings. The van der Waals surface area contributed by atoms with E-state index in [0.717, 1.165) is 29.4 Å². The molecule has 0 spiro atoms. The number of aliphatic carboxylic acids is 1. The predicted molar refractivity (Wildman–Crippen MR) is 277 cm³/mol. The van der Waals surface area contributed by atoms with Crippen LogP contribution in [-0.2, 0) is 35.0 Å². The number of carboxylic acid groups (broad SMARTS) is 1. The van der Waals surface area contributed by atoms with E-state index in [4.69, 9.17) is 47.1 Å². The van der Waals surface area contributed by atoms with Crippen LogP contribution in [0.4, 0.5) is 17.8 Å². The molecule has 0 saturated carbocycles. The number of nitrogens with zero attached hydrogens (tertiary/aromatic N) is 13. The Balaban J connectivity index is 1.04. The van der Waals surface area contributed by atoms with Crippen molar-refractivity contribution in [2.24, 2.45) is 23.3 Å². The summed E-state index contributed by atoms with van der Waals surface area (Å²) in [6, 6.07) is 7.85. The van der Waals surface area contributed by atoms with Crippen LogP contribution in [0.15, 0.2) is 42.7 Å². The van der Waals surface area contributed by atoms with Gasteiger partial charge < -0.3 is 60.7 Å². The minimum Gasteiger partial charge on any atom is -0.481 e. The maximum atomic E-state index is 14.7. The Morgan fingerprint density at radius 1 is 0.797 bits per heavy atom. The molecule has 24 heteroatoms. The molecule has 0 bridgehead atoms.